The molecular formula is C23H24FN5O3. The van der Waals surface area contributed by atoms with E-state index < -0.39 is 5.82 Å². The Morgan fingerprint density at radius 1 is 1.19 bits per heavy atom. The van der Waals surface area contributed by atoms with Gasteiger partial charge in [0.15, 0.2) is 5.65 Å². The smallest absolute Gasteiger partial charge is 0.277 e. The first-order valence-corrected chi connectivity index (χ1v) is 10.9. The highest BCUT2D eigenvalue weighted by atomic mass is 19.1. The molecule has 4 heterocycles. The zero-order chi connectivity index (χ0) is 22.4. The van der Waals surface area contributed by atoms with Gasteiger partial charge in [0.05, 0.1) is 35.1 Å². The zero-order valence-corrected chi connectivity index (χ0v) is 17.8. The molecule has 0 radical (unpaired) electrons. The number of aromatic nitrogens is 3. The van der Waals surface area contributed by atoms with Crippen molar-refractivity contribution in [1.82, 2.24) is 24.4 Å². The molecule has 0 bridgehead atoms. The fraction of sp³-hybridized carbons (Fsp3) is 0.391. The van der Waals surface area contributed by atoms with Gasteiger partial charge in [0.2, 0.25) is 5.91 Å². The van der Waals surface area contributed by atoms with Crippen molar-refractivity contribution in [2.45, 2.75) is 45.2 Å². The number of rotatable bonds is 2. The lowest BCUT2D eigenvalue weighted by Crippen LogP contribution is -2.39. The first-order valence-electron chi connectivity index (χ1n) is 10.9. The monoisotopic (exact) mass is 437 g/mol. The van der Waals surface area contributed by atoms with Crippen LogP contribution in [0.25, 0.3) is 5.65 Å². The highest BCUT2D eigenvalue weighted by Gasteiger charge is 2.32. The summed E-state index contributed by atoms with van der Waals surface area (Å²) in [5.74, 6) is -0.973. The van der Waals surface area contributed by atoms with E-state index in [1.807, 2.05) is 0 Å². The minimum absolute atomic E-state index is 0.0468. The molecule has 0 spiro atoms. The molecule has 1 N–H and O–H groups in total. The van der Waals surface area contributed by atoms with Crippen molar-refractivity contribution in [1.29, 1.82) is 0 Å². The summed E-state index contributed by atoms with van der Waals surface area (Å²) in [6, 6.07) is 7.49. The van der Waals surface area contributed by atoms with Crippen LogP contribution >= 0.6 is 0 Å². The number of nitrogens with zero attached hydrogens (tertiary/aromatic N) is 4. The minimum atomic E-state index is -0.543. The van der Waals surface area contributed by atoms with E-state index in [0.717, 1.165) is 12.8 Å². The van der Waals surface area contributed by atoms with E-state index in [0.29, 0.717) is 48.5 Å². The summed E-state index contributed by atoms with van der Waals surface area (Å²) in [7, 11) is 0. The van der Waals surface area contributed by atoms with Crippen LogP contribution in [0, 0.1) is 5.82 Å². The van der Waals surface area contributed by atoms with Gasteiger partial charge in [-0.2, -0.15) is 0 Å². The summed E-state index contributed by atoms with van der Waals surface area (Å²) < 4.78 is 15.7. The van der Waals surface area contributed by atoms with Crippen molar-refractivity contribution in [3.63, 3.8) is 0 Å². The molecule has 32 heavy (non-hydrogen) atoms. The third kappa shape index (κ3) is 3.37. The Balaban J connectivity index is 1.53. The standard InChI is InChI=1S/C23H24FN5O3/c1-14(30)27-11-9-18-16(13-27)23(32)29-21(25-18)12-19(26-29)20-8-4-5-10-28(20)22(31)15-6-2-3-7-17(15)24/h2-3,6-7,12,20,26H,4-5,8-11,13H2,1H3/t20-/m1/s1. The third-order valence-electron chi connectivity index (χ3n) is 6.45. The van der Waals surface area contributed by atoms with Gasteiger partial charge in [-0.15, -0.1) is 0 Å². The molecule has 1 saturated heterocycles. The fourth-order valence-corrected chi connectivity index (χ4v) is 4.73. The number of carbonyl (C=O) groups excluding carboxylic acids is 2. The average molecular weight is 437 g/mol. The molecule has 1 atom stereocenters. The fourth-order valence-electron chi connectivity index (χ4n) is 4.73. The molecular weight excluding hydrogens is 413 g/mol. The Kier molecular flexibility index (Phi) is 5.03. The summed E-state index contributed by atoms with van der Waals surface area (Å²) in [5.41, 5.74) is 2.23. The molecule has 166 valence electrons. The van der Waals surface area contributed by atoms with Crippen LogP contribution in [0.2, 0.25) is 0 Å². The van der Waals surface area contributed by atoms with Gasteiger partial charge < -0.3 is 9.80 Å². The molecule has 0 saturated carbocycles. The Morgan fingerprint density at radius 3 is 2.78 bits per heavy atom. The SMILES string of the molecule is CC(=O)N1CCc2nc3cc([C@H]4CCCCN4C(=O)c4ccccc4F)[nH]n3c(=O)c2C1. The highest BCUT2D eigenvalue weighted by Crippen LogP contribution is 2.32. The van der Waals surface area contributed by atoms with Crippen molar-refractivity contribution in [2.75, 3.05) is 13.1 Å². The summed E-state index contributed by atoms with van der Waals surface area (Å²) >= 11 is 0. The number of H-pyrrole nitrogens is 1. The number of likely N-dealkylation sites (tertiary alicyclic amines) is 1. The molecule has 0 aliphatic carbocycles. The number of carbonyl (C=O) groups is 2. The molecule has 2 aliphatic rings. The third-order valence-corrected chi connectivity index (χ3v) is 6.45. The number of aromatic amines is 1. The quantitative estimate of drug-likeness (QED) is 0.667. The summed E-state index contributed by atoms with van der Waals surface area (Å²) in [6.07, 6.45) is 3.00. The van der Waals surface area contributed by atoms with Crippen LogP contribution in [0.4, 0.5) is 4.39 Å². The second-order valence-corrected chi connectivity index (χ2v) is 8.43. The molecule has 8 nitrogen and oxygen atoms in total. The lowest BCUT2D eigenvalue weighted by molar-refractivity contribution is -0.129. The topological polar surface area (TPSA) is 90.8 Å². The number of amides is 2. The maximum atomic E-state index is 14.3. The molecule has 1 aromatic carbocycles. The summed E-state index contributed by atoms with van der Waals surface area (Å²) in [6.45, 7) is 2.79. The lowest BCUT2D eigenvalue weighted by Gasteiger charge is -2.35. The first kappa shape index (κ1) is 20.4. The van der Waals surface area contributed by atoms with Gasteiger partial charge in [0, 0.05) is 32.5 Å². The van der Waals surface area contributed by atoms with E-state index in [1.54, 1.807) is 28.0 Å². The molecule has 1 fully saturated rings. The molecule has 2 aliphatic heterocycles. The molecule has 2 amide bonds. The van der Waals surface area contributed by atoms with Gasteiger partial charge in [0.1, 0.15) is 5.82 Å². The van der Waals surface area contributed by atoms with E-state index in [-0.39, 0.29) is 35.5 Å². The van der Waals surface area contributed by atoms with E-state index in [2.05, 4.69) is 10.1 Å². The number of piperidine rings is 1. The summed E-state index contributed by atoms with van der Waals surface area (Å²) in [5, 5.41) is 3.13. The minimum Gasteiger partial charge on any atom is -0.338 e. The molecule has 0 unspecified atom stereocenters. The van der Waals surface area contributed by atoms with Crippen molar-refractivity contribution >= 4 is 17.5 Å². The Labute approximate surface area is 183 Å². The van der Waals surface area contributed by atoms with Crippen LogP contribution in [-0.4, -0.2) is 49.3 Å². The van der Waals surface area contributed by atoms with Gasteiger partial charge in [-0.3, -0.25) is 19.5 Å². The van der Waals surface area contributed by atoms with E-state index in [1.165, 1.54) is 23.6 Å². The van der Waals surface area contributed by atoms with Crippen molar-refractivity contribution < 1.29 is 14.0 Å². The van der Waals surface area contributed by atoms with Crippen molar-refractivity contribution in [3.05, 3.63) is 69.0 Å². The summed E-state index contributed by atoms with van der Waals surface area (Å²) in [4.78, 5) is 46.0. The molecule has 2 aromatic heterocycles. The predicted molar refractivity (Wildman–Crippen MR) is 115 cm³/mol. The van der Waals surface area contributed by atoms with Gasteiger partial charge >= 0.3 is 0 Å². The van der Waals surface area contributed by atoms with Crippen LogP contribution < -0.4 is 5.56 Å². The number of fused-ring (bicyclic) bond motifs is 2. The first-order chi connectivity index (χ1) is 15.4. The number of halogens is 1. The molecule has 5 rings (SSSR count). The van der Waals surface area contributed by atoms with Crippen LogP contribution in [0.15, 0.2) is 35.1 Å². The van der Waals surface area contributed by atoms with E-state index >= 15 is 0 Å². The van der Waals surface area contributed by atoms with E-state index in [9.17, 15) is 18.8 Å². The van der Waals surface area contributed by atoms with Crippen LogP contribution in [-0.2, 0) is 17.8 Å². The van der Waals surface area contributed by atoms with Crippen LogP contribution in [0.3, 0.4) is 0 Å². The number of benzene rings is 1. The Hall–Kier alpha value is -3.49. The molecule has 3 aromatic rings. The number of hydrogen-bond donors (Lipinski definition) is 1. The normalized spacial score (nSPS) is 18.6. The van der Waals surface area contributed by atoms with Crippen molar-refractivity contribution in [3.8, 4) is 0 Å². The second-order valence-electron chi connectivity index (χ2n) is 8.43. The number of hydrogen-bond acceptors (Lipinski definition) is 4. The maximum absolute atomic E-state index is 14.3. The van der Waals surface area contributed by atoms with Gasteiger partial charge in [-0.05, 0) is 31.4 Å². The predicted octanol–water partition coefficient (Wildman–Crippen LogP) is 2.43. The lowest BCUT2D eigenvalue weighted by atomic mass is 9.98. The van der Waals surface area contributed by atoms with Crippen molar-refractivity contribution in [2.24, 2.45) is 0 Å². The average Bonchev–Trinajstić information content (AvgIpc) is 3.23. The largest absolute Gasteiger partial charge is 0.338 e. The number of nitrogens with one attached hydrogen (secondary N) is 1. The second kappa shape index (κ2) is 7.89. The maximum Gasteiger partial charge on any atom is 0.277 e. The Bertz CT molecular complexity index is 1280. The molecule has 9 heteroatoms. The Morgan fingerprint density at radius 2 is 2.00 bits per heavy atom. The van der Waals surface area contributed by atoms with E-state index in [4.69, 9.17) is 0 Å². The van der Waals surface area contributed by atoms with Crippen LogP contribution in [0.5, 0.6) is 0 Å². The van der Waals surface area contributed by atoms with Gasteiger partial charge in [-0.1, -0.05) is 12.1 Å². The highest BCUT2D eigenvalue weighted by molar-refractivity contribution is 5.94. The van der Waals surface area contributed by atoms with Gasteiger partial charge in [0.25, 0.3) is 11.5 Å². The van der Waals surface area contributed by atoms with Crippen LogP contribution in [0.1, 0.15) is 59.5 Å². The zero-order valence-electron chi connectivity index (χ0n) is 17.8. The van der Waals surface area contributed by atoms with Gasteiger partial charge in [-0.25, -0.2) is 13.9 Å².